The number of rotatable bonds is 4. The molecule has 22 heavy (non-hydrogen) atoms. The first-order valence-electron chi connectivity index (χ1n) is 7.42. The highest BCUT2D eigenvalue weighted by molar-refractivity contribution is 7.99. The van der Waals surface area contributed by atoms with E-state index >= 15 is 0 Å². The lowest BCUT2D eigenvalue weighted by Gasteiger charge is -2.26. The molecule has 1 saturated heterocycles. The molecule has 1 aliphatic heterocycles. The minimum Gasteiger partial charge on any atom is -0.297 e. The van der Waals surface area contributed by atoms with Crippen molar-refractivity contribution < 1.29 is 9.18 Å². The summed E-state index contributed by atoms with van der Waals surface area (Å²) in [5.41, 5.74) is 2.34. The van der Waals surface area contributed by atoms with Crippen molar-refractivity contribution in [3.63, 3.8) is 0 Å². The summed E-state index contributed by atoms with van der Waals surface area (Å²) in [4.78, 5) is 14.9. The summed E-state index contributed by atoms with van der Waals surface area (Å²) in [6, 6.07) is 13.5. The molecule has 0 N–H and O–H groups in total. The monoisotopic (exact) mass is 315 g/mol. The Bertz CT molecular complexity index is 650. The van der Waals surface area contributed by atoms with E-state index in [0.717, 1.165) is 25.2 Å². The predicted molar refractivity (Wildman–Crippen MR) is 88.9 cm³/mol. The van der Waals surface area contributed by atoms with Crippen molar-refractivity contribution in [3.05, 3.63) is 71.0 Å². The van der Waals surface area contributed by atoms with E-state index in [9.17, 15) is 9.18 Å². The fourth-order valence-corrected chi connectivity index (χ4v) is 3.58. The van der Waals surface area contributed by atoms with E-state index < -0.39 is 0 Å². The number of thioether (sulfide) groups is 1. The molecule has 1 heterocycles. The maximum Gasteiger partial charge on any atom is 0.193 e. The lowest BCUT2D eigenvalue weighted by atomic mass is 10.0. The van der Waals surface area contributed by atoms with E-state index in [0.29, 0.717) is 11.1 Å². The van der Waals surface area contributed by atoms with Crippen molar-refractivity contribution >= 4 is 17.5 Å². The summed E-state index contributed by atoms with van der Waals surface area (Å²) < 4.78 is 13.0. The SMILES string of the molecule is O=C(c1ccc(F)cc1)c1cccc(CN2CCSCC2)c1. The van der Waals surface area contributed by atoms with Gasteiger partial charge in [-0.15, -0.1) is 0 Å². The molecule has 0 radical (unpaired) electrons. The number of benzene rings is 2. The Morgan fingerprint density at radius 2 is 1.77 bits per heavy atom. The van der Waals surface area contributed by atoms with Crippen LogP contribution in [-0.4, -0.2) is 35.3 Å². The van der Waals surface area contributed by atoms with Crippen LogP contribution < -0.4 is 0 Å². The van der Waals surface area contributed by atoms with Gasteiger partial charge in [-0.1, -0.05) is 18.2 Å². The van der Waals surface area contributed by atoms with Gasteiger partial charge in [0.15, 0.2) is 5.78 Å². The average molecular weight is 315 g/mol. The molecule has 0 aromatic heterocycles. The fraction of sp³-hybridized carbons (Fsp3) is 0.278. The summed E-state index contributed by atoms with van der Waals surface area (Å²) in [6.45, 7) is 3.08. The number of nitrogens with zero attached hydrogens (tertiary/aromatic N) is 1. The summed E-state index contributed by atoms with van der Waals surface area (Å²) >= 11 is 1.99. The van der Waals surface area contributed by atoms with Gasteiger partial charge < -0.3 is 0 Å². The molecule has 0 atom stereocenters. The molecule has 0 spiro atoms. The van der Waals surface area contributed by atoms with Crippen LogP contribution in [0.3, 0.4) is 0 Å². The fourth-order valence-electron chi connectivity index (χ4n) is 2.60. The van der Waals surface area contributed by atoms with E-state index in [4.69, 9.17) is 0 Å². The van der Waals surface area contributed by atoms with Crippen LogP contribution in [0.1, 0.15) is 21.5 Å². The predicted octanol–water partition coefficient (Wildman–Crippen LogP) is 3.61. The highest BCUT2D eigenvalue weighted by Crippen LogP contribution is 2.16. The Morgan fingerprint density at radius 3 is 2.50 bits per heavy atom. The van der Waals surface area contributed by atoms with Crippen molar-refractivity contribution in [2.75, 3.05) is 24.6 Å². The molecule has 2 aromatic carbocycles. The zero-order valence-electron chi connectivity index (χ0n) is 12.3. The van der Waals surface area contributed by atoms with Crippen LogP contribution in [0, 0.1) is 5.82 Å². The van der Waals surface area contributed by atoms with Crippen molar-refractivity contribution in [3.8, 4) is 0 Å². The topological polar surface area (TPSA) is 20.3 Å². The lowest BCUT2D eigenvalue weighted by molar-refractivity contribution is 0.103. The van der Waals surface area contributed by atoms with Crippen molar-refractivity contribution in [1.82, 2.24) is 4.90 Å². The second-order valence-electron chi connectivity index (χ2n) is 5.42. The number of carbonyl (C=O) groups excluding carboxylic acids is 1. The van der Waals surface area contributed by atoms with Crippen LogP contribution in [0.5, 0.6) is 0 Å². The van der Waals surface area contributed by atoms with Gasteiger partial charge in [-0.25, -0.2) is 4.39 Å². The van der Waals surface area contributed by atoms with E-state index in [1.54, 1.807) is 0 Å². The zero-order valence-corrected chi connectivity index (χ0v) is 13.1. The molecule has 3 rings (SSSR count). The van der Waals surface area contributed by atoms with Crippen molar-refractivity contribution in [1.29, 1.82) is 0 Å². The van der Waals surface area contributed by atoms with Crippen LogP contribution in [0.4, 0.5) is 4.39 Å². The van der Waals surface area contributed by atoms with Crippen molar-refractivity contribution in [2.45, 2.75) is 6.54 Å². The Balaban J connectivity index is 1.75. The maximum atomic E-state index is 13.0. The van der Waals surface area contributed by atoms with Gasteiger partial charge in [-0.3, -0.25) is 9.69 Å². The molecule has 114 valence electrons. The third-order valence-corrected chi connectivity index (χ3v) is 4.75. The van der Waals surface area contributed by atoms with Gasteiger partial charge >= 0.3 is 0 Å². The Hall–Kier alpha value is -1.65. The molecule has 1 aliphatic rings. The van der Waals surface area contributed by atoms with Crippen LogP contribution in [0.25, 0.3) is 0 Å². The smallest absolute Gasteiger partial charge is 0.193 e. The Morgan fingerprint density at radius 1 is 1.05 bits per heavy atom. The molecular weight excluding hydrogens is 297 g/mol. The van der Waals surface area contributed by atoms with Gasteiger partial charge in [0.25, 0.3) is 0 Å². The van der Waals surface area contributed by atoms with Gasteiger partial charge in [-0.05, 0) is 35.9 Å². The highest BCUT2D eigenvalue weighted by atomic mass is 32.2. The standard InChI is InChI=1S/C18H18FNOS/c19-17-6-4-15(5-7-17)18(21)16-3-1-2-14(12-16)13-20-8-10-22-11-9-20/h1-7,12H,8-11,13H2. The third kappa shape index (κ3) is 3.76. The van der Waals surface area contributed by atoms with Crippen LogP contribution in [0.2, 0.25) is 0 Å². The molecule has 0 aliphatic carbocycles. The molecule has 0 saturated carbocycles. The van der Waals surface area contributed by atoms with Crippen molar-refractivity contribution in [2.24, 2.45) is 0 Å². The number of ketones is 1. The normalized spacial score (nSPS) is 15.7. The molecule has 4 heteroatoms. The first-order valence-corrected chi connectivity index (χ1v) is 8.57. The first kappa shape index (κ1) is 15.3. The number of hydrogen-bond donors (Lipinski definition) is 0. The molecular formula is C18H18FNOS. The van der Waals surface area contributed by atoms with E-state index in [1.165, 1.54) is 35.8 Å². The van der Waals surface area contributed by atoms with Gasteiger partial charge in [0.1, 0.15) is 5.82 Å². The Labute approximate surface area is 134 Å². The van der Waals surface area contributed by atoms with Crippen LogP contribution >= 0.6 is 11.8 Å². The molecule has 0 unspecified atom stereocenters. The van der Waals surface area contributed by atoms with Crippen LogP contribution in [0.15, 0.2) is 48.5 Å². The van der Waals surface area contributed by atoms with Crippen LogP contribution in [-0.2, 0) is 6.54 Å². The molecule has 2 aromatic rings. The van der Waals surface area contributed by atoms with Gasteiger partial charge in [0, 0.05) is 42.3 Å². The largest absolute Gasteiger partial charge is 0.297 e. The highest BCUT2D eigenvalue weighted by Gasteiger charge is 2.13. The summed E-state index contributed by atoms with van der Waals surface area (Å²) in [5, 5.41) is 0. The molecule has 0 amide bonds. The second-order valence-corrected chi connectivity index (χ2v) is 6.65. The molecule has 2 nitrogen and oxygen atoms in total. The zero-order chi connectivity index (χ0) is 15.4. The van der Waals surface area contributed by atoms with Gasteiger partial charge in [0.2, 0.25) is 0 Å². The lowest BCUT2D eigenvalue weighted by Crippen LogP contribution is -2.31. The molecule has 0 bridgehead atoms. The average Bonchev–Trinajstić information content (AvgIpc) is 2.56. The summed E-state index contributed by atoms with van der Waals surface area (Å²) in [5.74, 6) is 1.96. The Kier molecular flexibility index (Phi) is 4.90. The van der Waals surface area contributed by atoms with E-state index in [-0.39, 0.29) is 11.6 Å². The number of halogens is 1. The molecule has 1 fully saturated rings. The van der Waals surface area contributed by atoms with Gasteiger partial charge in [-0.2, -0.15) is 11.8 Å². The first-order chi connectivity index (χ1) is 10.7. The minimum absolute atomic E-state index is 0.0592. The summed E-state index contributed by atoms with van der Waals surface area (Å²) in [6.07, 6.45) is 0. The number of carbonyl (C=O) groups is 1. The van der Waals surface area contributed by atoms with E-state index in [1.807, 2.05) is 30.0 Å². The third-order valence-electron chi connectivity index (χ3n) is 3.81. The minimum atomic E-state index is -0.326. The quantitative estimate of drug-likeness (QED) is 0.804. The van der Waals surface area contributed by atoms with Gasteiger partial charge in [0.05, 0.1) is 0 Å². The maximum absolute atomic E-state index is 13.0. The van der Waals surface area contributed by atoms with E-state index in [2.05, 4.69) is 11.0 Å². The number of hydrogen-bond acceptors (Lipinski definition) is 3. The second kappa shape index (κ2) is 7.07. The summed E-state index contributed by atoms with van der Waals surface area (Å²) in [7, 11) is 0.